The standard InChI is InChI=1S/C30H25ClN2O4S/c1-3-36-29(35)26-19(2)32-30-33(27(26)23-11-7-8-12-24(23)31)28(34)25(38-30)17-20-13-15-22(16-14-20)37-18-21-9-5-4-6-10-21/h4-17,27H,3,18H2,1-2H3/b25-17-/t27-/m0/s1. The number of hydrogen-bond acceptors (Lipinski definition) is 6. The molecule has 0 radical (unpaired) electrons. The van der Waals surface area contributed by atoms with Crippen LogP contribution in [-0.2, 0) is 16.1 Å². The van der Waals surface area contributed by atoms with E-state index in [2.05, 4.69) is 4.99 Å². The quantitative estimate of drug-likeness (QED) is 0.306. The molecule has 2 heterocycles. The third-order valence-corrected chi connectivity index (χ3v) is 7.47. The van der Waals surface area contributed by atoms with Gasteiger partial charge in [-0.2, -0.15) is 0 Å². The number of aromatic nitrogens is 1. The van der Waals surface area contributed by atoms with E-state index < -0.39 is 12.0 Å². The number of ether oxygens (including phenoxy) is 2. The van der Waals surface area contributed by atoms with E-state index in [1.807, 2.05) is 78.9 Å². The molecule has 0 N–H and O–H groups in total. The highest BCUT2D eigenvalue weighted by molar-refractivity contribution is 7.07. The van der Waals surface area contributed by atoms with Gasteiger partial charge in [0.1, 0.15) is 18.4 Å². The number of nitrogens with zero attached hydrogens (tertiary/aromatic N) is 2. The molecule has 0 amide bonds. The summed E-state index contributed by atoms with van der Waals surface area (Å²) in [4.78, 5) is 31.8. The highest BCUT2D eigenvalue weighted by Gasteiger charge is 2.34. The Hall–Kier alpha value is -3.94. The van der Waals surface area contributed by atoms with Gasteiger partial charge in [0.05, 0.1) is 22.4 Å². The van der Waals surface area contributed by atoms with Crippen molar-refractivity contribution in [2.24, 2.45) is 4.99 Å². The molecule has 0 unspecified atom stereocenters. The lowest BCUT2D eigenvalue weighted by Gasteiger charge is -2.25. The Bertz CT molecular complexity index is 1690. The van der Waals surface area contributed by atoms with Crippen LogP contribution in [0.25, 0.3) is 6.08 Å². The van der Waals surface area contributed by atoms with Crippen LogP contribution in [-0.4, -0.2) is 17.1 Å². The molecule has 1 aromatic heterocycles. The Labute approximate surface area is 228 Å². The van der Waals surface area contributed by atoms with Gasteiger partial charge in [-0.15, -0.1) is 0 Å². The van der Waals surface area contributed by atoms with Crippen LogP contribution in [0.3, 0.4) is 0 Å². The molecule has 3 aromatic carbocycles. The SMILES string of the molecule is CCOC(=O)C1=C(C)N=c2s/c(=C\c3ccc(OCc4ccccc4)cc3)c(=O)n2[C@H]1c1ccccc1Cl. The maximum atomic E-state index is 13.7. The van der Waals surface area contributed by atoms with Crippen molar-refractivity contribution in [3.05, 3.63) is 132 Å². The number of benzene rings is 3. The van der Waals surface area contributed by atoms with Gasteiger partial charge in [-0.3, -0.25) is 9.36 Å². The average Bonchev–Trinajstić information content (AvgIpc) is 3.22. The molecule has 8 heteroatoms. The van der Waals surface area contributed by atoms with E-state index in [4.69, 9.17) is 21.1 Å². The van der Waals surface area contributed by atoms with Crippen molar-refractivity contribution in [1.29, 1.82) is 0 Å². The predicted molar refractivity (Wildman–Crippen MR) is 149 cm³/mol. The second-order valence-electron chi connectivity index (χ2n) is 8.67. The number of allylic oxidation sites excluding steroid dienone is 1. The first-order valence-corrected chi connectivity index (χ1v) is 13.4. The first-order chi connectivity index (χ1) is 18.5. The molecule has 6 nitrogen and oxygen atoms in total. The summed E-state index contributed by atoms with van der Waals surface area (Å²) < 4.78 is 13.2. The van der Waals surface area contributed by atoms with Gasteiger partial charge in [0, 0.05) is 5.02 Å². The van der Waals surface area contributed by atoms with Crippen molar-refractivity contribution in [2.75, 3.05) is 6.61 Å². The molecule has 1 aliphatic heterocycles. The Morgan fingerprint density at radius 3 is 2.47 bits per heavy atom. The van der Waals surface area contributed by atoms with E-state index in [-0.39, 0.29) is 12.2 Å². The van der Waals surface area contributed by atoms with Gasteiger partial charge in [-0.05, 0) is 54.8 Å². The number of thiazole rings is 1. The molecule has 192 valence electrons. The van der Waals surface area contributed by atoms with Gasteiger partial charge in [-0.25, -0.2) is 9.79 Å². The van der Waals surface area contributed by atoms with Crippen molar-refractivity contribution in [3.63, 3.8) is 0 Å². The molecule has 0 bridgehead atoms. The van der Waals surface area contributed by atoms with E-state index in [0.29, 0.717) is 37.8 Å². The van der Waals surface area contributed by atoms with Gasteiger partial charge in [0.2, 0.25) is 0 Å². The van der Waals surface area contributed by atoms with Crippen molar-refractivity contribution < 1.29 is 14.3 Å². The Morgan fingerprint density at radius 1 is 1.05 bits per heavy atom. The van der Waals surface area contributed by atoms with Crippen LogP contribution in [0.15, 0.2) is 99.9 Å². The number of carbonyl (C=O) groups is 1. The zero-order chi connectivity index (χ0) is 26.6. The largest absolute Gasteiger partial charge is 0.489 e. The summed E-state index contributed by atoms with van der Waals surface area (Å²) in [5.74, 6) is 0.222. The van der Waals surface area contributed by atoms with E-state index in [1.165, 1.54) is 15.9 Å². The third-order valence-electron chi connectivity index (χ3n) is 6.14. The summed E-state index contributed by atoms with van der Waals surface area (Å²) in [6.45, 7) is 4.18. The first-order valence-electron chi connectivity index (χ1n) is 12.2. The van der Waals surface area contributed by atoms with Gasteiger partial charge >= 0.3 is 5.97 Å². The minimum absolute atomic E-state index is 0.209. The summed E-state index contributed by atoms with van der Waals surface area (Å²) in [5.41, 5.74) is 3.12. The second kappa shape index (κ2) is 11.2. The number of esters is 1. The lowest BCUT2D eigenvalue weighted by atomic mass is 9.96. The van der Waals surface area contributed by atoms with Crippen LogP contribution in [0.5, 0.6) is 5.75 Å². The Balaban J connectivity index is 1.52. The van der Waals surface area contributed by atoms with Crippen molar-refractivity contribution >= 4 is 35.0 Å². The normalized spacial score (nSPS) is 15.1. The fraction of sp³-hybridized carbons (Fsp3) is 0.167. The molecular weight excluding hydrogens is 520 g/mol. The van der Waals surface area contributed by atoms with Crippen molar-refractivity contribution in [3.8, 4) is 5.75 Å². The highest BCUT2D eigenvalue weighted by atomic mass is 35.5. The van der Waals surface area contributed by atoms with E-state index in [0.717, 1.165) is 16.9 Å². The number of halogens is 1. The Kier molecular flexibility index (Phi) is 7.58. The lowest BCUT2D eigenvalue weighted by molar-refractivity contribution is -0.139. The summed E-state index contributed by atoms with van der Waals surface area (Å²) >= 11 is 7.82. The maximum absolute atomic E-state index is 13.7. The van der Waals surface area contributed by atoms with Crippen LogP contribution in [0.4, 0.5) is 0 Å². The van der Waals surface area contributed by atoms with Gasteiger partial charge < -0.3 is 9.47 Å². The van der Waals surface area contributed by atoms with Crippen LogP contribution in [0.2, 0.25) is 5.02 Å². The first kappa shape index (κ1) is 25.7. The Morgan fingerprint density at radius 2 is 1.76 bits per heavy atom. The van der Waals surface area contributed by atoms with Crippen LogP contribution in [0.1, 0.15) is 36.6 Å². The van der Waals surface area contributed by atoms with Crippen molar-refractivity contribution in [1.82, 2.24) is 4.57 Å². The monoisotopic (exact) mass is 544 g/mol. The summed E-state index contributed by atoms with van der Waals surface area (Å²) in [6, 6.07) is 24.0. The minimum atomic E-state index is -0.741. The molecule has 0 saturated heterocycles. The summed E-state index contributed by atoms with van der Waals surface area (Å²) in [7, 11) is 0. The maximum Gasteiger partial charge on any atom is 0.338 e. The van der Waals surface area contributed by atoms with E-state index >= 15 is 0 Å². The summed E-state index contributed by atoms with van der Waals surface area (Å²) in [6.07, 6.45) is 1.82. The van der Waals surface area contributed by atoms with Crippen molar-refractivity contribution in [2.45, 2.75) is 26.5 Å². The molecule has 0 aliphatic carbocycles. The van der Waals surface area contributed by atoms with Crippen LogP contribution >= 0.6 is 22.9 Å². The van der Waals surface area contributed by atoms with Crippen LogP contribution < -0.4 is 19.6 Å². The van der Waals surface area contributed by atoms with Crippen LogP contribution in [0, 0.1) is 0 Å². The number of carbonyl (C=O) groups excluding carboxylic acids is 1. The molecule has 0 fully saturated rings. The fourth-order valence-electron chi connectivity index (χ4n) is 4.34. The molecule has 4 aromatic rings. The minimum Gasteiger partial charge on any atom is -0.489 e. The average molecular weight is 545 g/mol. The summed E-state index contributed by atoms with van der Waals surface area (Å²) in [5, 5.41) is 0.453. The molecule has 0 saturated carbocycles. The lowest BCUT2D eigenvalue weighted by Crippen LogP contribution is -2.40. The molecule has 5 rings (SSSR count). The smallest absolute Gasteiger partial charge is 0.338 e. The highest BCUT2D eigenvalue weighted by Crippen LogP contribution is 2.34. The van der Waals surface area contributed by atoms with Gasteiger partial charge in [0.15, 0.2) is 4.80 Å². The molecular formula is C30H25ClN2O4S. The van der Waals surface area contributed by atoms with Gasteiger partial charge in [0.25, 0.3) is 5.56 Å². The zero-order valence-corrected chi connectivity index (χ0v) is 22.5. The molecule has 38 heavy (non-hydrogen) atoms. The molecule has 1 atom stereocenters. The zero-order valence-electron chi connectivity index (χ0n) is 20.9. The second-order valence-corrected chi connectivity index (χ2v) is 10.1. The van der Waals surface area contributed by atoms with E-state index in [1.54, 1.807) is 19.9 Å². The van der Waals surface area contributed by atoms with E-state index in [9.17, 15) is 9.59 Å². The molecule has 1 aliphatic rings. The molecule has 0 spiro atoms. The topological polar surface area (TPSA) is 69.9 Å². The fourth-order valence-corrected chi connectivity index (χ4v) is 5.62. The number of fused-ring (bicyclic) bond motifs is 1. The number of rotatable bonds is 7. The van der Waals surface area contributed by atoms with Gasteiger partial charge in [-0.1, -0.05) is 83.6 Å². The third kappa shape index (κ3) is 5.21. The predicted octanol–water partition coefficient (Wildman–Crippen LogP) is 5.03. The number of hydrogen-bond donors (Lipinski definition) is 0.